The number of ether oxygens (including phenoxy) is 4. The minimum atomic E-state index is -0.280. The summed E-state index contributed by atoms with van der Waals surface area (Å²) < 4.78 is 23.0. The number of piperazine rings is 1. The summed E-state index contributed by atoms with van der Waals surface area (Å²) in [4.78, 5) is 21.5. The van der Waals surface area contributed by atoms with Crippen molar-refractivity contribution in [1.82, 2.24) is 19.9 Å². The van der Waals surface area contributed by atoms with Gasteiger partial charge in [0.05, 0.1) is 55.4 Å². The van der Waals surface area contributed by atoms with Gasteiger partial charge in [-0.2, -0.15) is 10.5 Å². The second-order valence-electron chi connectivity index (χ2n) is 17.2. The summed E-state index contributed by atoms with van der Waals surface area (Å²) in [6, 6.07) is 21.4. The van der Waals surface area contributed by atoms with Crippen LogP contribution in [0.15, 0.2) is 64.8 Å². The fraction of sp³-hybridized carbons (Fsp3) is 0.521. The maximum atomic E-state index is 10.1. The van der Waals surface area contributed by atoms with E-state index in [1.54, 1.807) is 30.6 Å². The zero-order chi connectivity index (χ0) is 43.5. The Balaban J connectivity index is 0.000000188. The highest BCUT2D eigenvalue weighted by Crippen LogP contribution is 2.40. The highest BCUT2D eigenvalue weighted by molar-refractivity contribution is 7.99. The van der Waals surface area contributed by atoms with Gasteiger partial charge in [-0.1, -0.05) is 36.4 Å². The molecule has 3 aromatic heterocycles. The summed E-state index contributed by atoms with van der Waals surface area (Å²) in [6.07, 6.45) is 5.07. The second kappa shape index (κ2) is 21.4. The summed E-state index contributed by atoms with van der Waals surface area (Å²) in [6.45, 7) is 18.0. The zero-order valence-corrected chi connectivity index (χ0v) is 38.6. The topological polar surface area (TPSA) is 133 Å². The molecular formula is C48H60N8O4S2. The van der Waals surface area contributed by atoms with Gasteiger partial charge in [0.25, 0.3) is 0 Å². The fourth-order valence-electron chi connectivity index (χ4n) is 8.30. The number of benzene rings is 1. The van der Waals surface area contributed by atoms with E-state index in [0.717, 1.165) is 145 Å². The average molecular weight is 877 g/mol. The molecule has 328 valence electrons. The molecule has 0 saturated carbocycles. The lowest BCUT2D eigenvalue weighted by molar-refractivity contribution is -0.0405. The molecule has 4 aliphatic heterocycles. The molecule has 12 nitrogen and oxygen atoms in total. The van der Waals surface area contributed by atoms with Gasteiger partial charge in [-0.25, -0.2) is 9.97 Å². The van der Waals surface area contributed by atoms with Crippen molar-refractivity contribution in [3.05, 3.63) is 99.4 Å². The molecule has 0 radical (unpaired) electrons. The number of pyridine rings is 3. The molecule has 2 fully saturated rings. The Morgan fingerprint density at radius 2 is 1.24 bits per heavy atom. The summed E-state index contributed by atoms with van der Waals surface area (Å²) >= 11 is 3.35. The Bertz CT molecular complexity index is 2200. The Morgan fingerprint density at radius 3 is 1.77 bits per heavy atom. The number of methoxy groups -OCH3 is 1. The molecule has 0 bridgehead atoms. The van der Waals surface area contributed by atoms with Crippen molar-refractivity contribution >= 4 is 35.2 Å². The van der Waals surface area contributed by atoms with Crippen molar-refractivity contribution < 1.29 is 18.9 Å². The lowest BCUT2D eigenvalue weighted by Crippen LogP contribution is -2.48. The molecule has 2 saturated heterocycles. The second-order valence-corrected chi connectivity index (χ2v) is 19.4. The molecule has 4 aromatic rings. The molecule has 0 aliphatic carbocycles. The number of aryl methyl sites for hydroxylation is 2. The number of thioether (sulfide) groups is 2. The monoisotopic (exact) mass is 876 g/mol. The number of rotatable bonds is 13. The van der Waals surface area contributed by atoms with Gasteiger partial charge in [0.1, 0.15) is 33.8 Å². The number of fused-ring (bicyclic) bond motifs is 2. The Morgan fingerprint density at radius 1 is 0.694 bits per heavy atom. The first-order valence-corrected chi connectivity index (χ1v) is 23.7. The number of aromatic nitrogens is 3. The highest BCUT2D eigenvalue weighted by Gasteiger charge is 2.35. The van der Waals surface area contributed by atoms with E-state index in [1.165, 1.54) is 5.56 Å². The van der Waals surface area contributed by atoms with Crippen molar-refractivity contribution in [3.63, 3.8) is 0 Å². The third-order valence-corrected chi connectivity index (χ3v) is 13.7. The van der Waals surface area contributed by atoms with E-state index in [2.05, 4.69) is 83.8 Å². The lowest BCUT2D eigenvalue weighted by atomic mass is 9.89. The Labute approximate surface area is 376 Å². The van der Waals surface area contributed by atoms with Gasteiger partial charge in [-0.05, 0) is 69.4 Å². The van der Waals surface area contributed by atoms with Gasteiger partial charge in [0.2, 0.25) is 0 Å². The highest BCUT2D eigenvalue weighted by atomic mass is 32.2. The van der Waals surface area contributed by atoms with Crippen LogP contribution in [0.5, 0.6) is 0 Å². The number of hydrogen-bond acceptors (Lipinski definition) is 14. The lowest BCUT2D eigenvalue weighted by Gasteiger charge is -2.39. The third-order valence-electron chi connectivity index (χ3n) is 11.7. The molecule has 1 aromatic carbocycles. The smallest absolute Gasteiger partial charge is 0.135 e. The summed E-state index contributed by atoms with van der Waals surface area (Å²) in [5.74, 6) is 3.69. The van der Waals surface area contributed by atoms with Crippen molar-refractivity contribution in [2.45, 2.75) is 87.8 Å². The normalized spacial score (nSPS) is 18.1. The zero-order valence-electron chi connectivity index (χ0n) is 37.0. The molecule has 0 spiro atoms. The van der Waals surface area contributed by atoms with E-state index in [0.29, 0.717) is 32.0 Å². The van der Waals surface area contributed by atoms with Gasteiger partial charge in [0.15, 0.2) is 0 Å². The molecule has 4 aliphatic rings. The van der Waals surface area contributed by atoms with Gasteiger partial charge in [-0.15, -0.1) is 23.5 Å². The van der Waals surface area contributed by atoms with Gasteiger partial charge >= 0.3 is 0 Å². The van der Waals surface area contributed by atoms with Crippen LogP contribution in [0.1, 0.15) is 72.3 Å². The van der Waals surface area contributed by atoms with Crippen LogP contribution in [0.25, 0.3) is 0 Å². The maximum Gasteiger partial charge on any atom is 0.135 e. The van der Waals surface area contributed by atoms with E-state index < -0.39 is 0 Å². The third kappa shape index (κ3) is 11.7. The van der Waals surface area contributed by atoms with E-state index in [1.807, 2.05) is 30.5 Å². The molecule has 0 N–H and O–H groups in total. The van der Waals surface area contributed by atoms with E-state index in [-0.39, 0.29) is 11.2 Å². The van der Waals surface area contributed by atoms with Crippen LogP contribution in [-0.2, 0) is 57.8 Å². The van der Waals surface area contributed by atoms with E-state index >= 15 is 0 Å². The minimum absolute atomic E-state index is 0.276. The predicted molar refractivity (Wildman–Crippen MR) is 246 cm³/mol. The van der Waals surface area contributed by atoms with Crippen LogP contribution in [0.4, 0.5) is 11.6 Å². The molecule has 0 atom stereocenters. The molecule has 7 heterocycles. The van der Waals surface area contributed by atoms with Crippen molar-refractivity contribution in [2.75, 3.05) is 94.0 Å². The SMILES string of the molecule is CC1(C)Cc2c(C#N)c(SCCc3ccccn3)nc(N3CCOCC3)c2CO1.COCCN1CCN(c2nc(SCCc3ccccc3)c(C#N)c3c2COC(C)(C)C3)CC1. The predicted octanol–water partition coefficient (Wildman–Crippen LogP) is 7.28. The summed E-state index contributed by atoms with van der Waals surface area (Å²) in [7, 11) is 1.75. The number of hydrogen-bond donors (Lipinski definition) is 0. The molecule has 62 heavy (non-hydrogen) atoms. The largest absolute Gasteiger partial charge is 0.383 e. The first-order valence-electron chi connectivity index (χ1n) is 21.8. The Hall–Kier alpha value is -4.25. The molecule has 8 rings (SSSR count). The van der Waals surface area contributed by atoms with Crippen molar-refractivity contribution in [2.24, 2.45) is 0 Å². The first-order chi connectivity index (χ1) is 30.1. The van der Waals surface area contributed by atoms with Crippen molar-refractivity contribution in [3.8, 4) is 12.1 Å². The number of nitrogens with zero attached hydrogens (tertiary/aromatic N) is 8. The maximum absolute atomic E-state index is 10.1. The average Bonchev–Trinajstić information content (AvgIpc) is 3.28. The van der Waals surface area contributed by atoms with Crippen molar-refractivity contribution in [1.29, 1.82) is 10.5 Å². The Kier molecular flexibility index (Phi) is 15.8. The van der Waals surface area contributed by atoms with Crippen LogP contribution in [0.2, 0.25) is 0 Å². The van der Waals surface area contributed by atoms with Gasteiger partial charge < -0.3 is 28.7 Å². The van der Waals surface area contributed by atoms with E-state index in [4.69, 9.17) is 28.9 Å². The standard InChI is InChI=1S/C26H34N4O2S.C22H26N4O2S/c1-26(2)17-21-22(18-27)25(33-16-9-20-7-5-4-6-8-20)28-24(23(21)19-32-26)30-12-10-29(11-13-30)14-15-31-3;1-22(2)13-17-18(14-23)21(29-12-6-16-5-3-4-7-24-16)25-20(19(17)15-28-22)26-8-10-27-11-9-26/h4-8H,9-17,19H2,1-3H3;3-5,7H,6,8-13,15H2,1-2H3. The number of nitriles is 2. The molecule has 14 heteroatoms. The fourth-order valence-corrected chi connectivity index (χ4v) is 10.3. The van der Waals surface area contributed by atoms with Gasteiger partial charge in [-0.3, -0.25) is 9.88 Å². The summed E-state index contributed by atoms with van der Waals surface area (Å²) in [5.41, 5.74) is 7.65. The quantitative estimate of drug-likeness (QED) is 0.125. The minimum Gasteiger partial charge on any atom is -0.383 e. The summed E-state index contributed by atoms with van der Waals surface area (Å²) in [5, 5.41) is 21.8. The van der Waals surface area contributed by atoms with Crippen LogP contribution < -0.4 is 9.80 Å². The van der Waals surface area contributed by atoms with Crippen LogP contribution >= 0.6 is 23.5 Å². The van der Waals surface area contributed by atoms with Crippen LogP contribution in [0, 0.1) is 22.7 Å². The van der Waals surface area contributed by atoms with E-state index in [9.17, 15) is 10.5 Å². The molecule has 0 amide bonds. The molecule has 0 unspecified atom stereocenters. The van der Waals surface area contributed by atoms with Crippen LogP contribution in [0.3, 0.4) is 0 Å². The first kappa shape index (κ1) is 45.8. The van der Waals surface area contributed by atoms with Crippen LogP contribution in [-0.4, -0.2) is 115 Å². The number of anilines is 2. The number of morpholine rings is 1. The van der Waals surface area contributed by atoms with Gasteiger partial charge in [0, 0.05) is 100 Å². The molecular weight excluding hydrogens is 817 g/mol.